The second-order valence-corrected chi connectivity index (χ2v) is 17.3. The number of rotatable bonds is 8. The van der Waals surface area contributed by atoms with E-state index in [2.05, 4.69) is 228 Å². The number of nitrogens with zero attached hydrogens (tertiary/aromatic N) is 2. The van der Waals surface area contributed by atoms with Crippen molar-refractivity contribution >= 4 is 28.3 Å². The van der Waals surface area contributed by atoms with Crippen LogP contribution in [0.5, 0.6) is 0 Å². The summed E-state index contributed by atoms with van der Waals surface area (Å²) in [5, 5.41) is 0. The van der Waals surface area contributed by atoms with Gasteiger partial charge in [-0.1, -0.05) is 158 Å². The van der Waals surface area contributed by atoms with Crippen molar-refractivity contribution in [1.29, 1.82) is 0 Å². The van der Waals surface area contributed by atoms with E-state index in [1.54, 1.807) is 0 Å². The monoisotopic (exact) mass is 808 g/mol. The first kappa shape index (κ1) is 37.4. The Morgan fingerprint density at radius 3 is 1.38 bits per heavy atom. The van der Waals surface area contributed by atoms with E-state index in [1.165, 1.54) is 101 Å². The lowest BCUT2D eigenvalue weighted by atomic mass is 9.68. The van der Waals surface area contributed by atoms with Crippen LogP contribution in [-0.2, 0) is 5.41 Å². The fraction of sp³-hybridized carbons (Fsp3) is 0.115. The Labute approximate surface area is 371 Å². The van der Waals surface area contributed by atoms with Crippen molar-refractivity contribution < 1.29 is 0 Å². The van der Waals surface area contributed by atoms with Gasteiger partial charge in [-0.05, 0) is 166 Å². The highest BCUT2D eigenvalue weighted by Gasteiger charge is 2.53. The zero-order chi connectivity index (χ0) is 41.7. The van der Waals surface area contributed by atoms with Gasteiger partial charge in [0, 0.05) is 34.1 Å². The Bertz CT molecular complexity index is 3090. The summed E-state index contributed by atoms with van der Waals surface area (Å²) < 4.78 is 0. The van der Waals surface area contributed by atoms with E-state index in [4.69, 9.17) is 0 Å². The van der Waals surface area contributed by atoms with Gasteiger partial charge in [0.2, 0.25) is 0 Å². The minimum atomic E-state index is -0.372. The molecule has 0 amide bonds. The SMILES string of the molecule is C1=CCCC(N(c2ccccc2)c2ccc(-c3cccc4c3C3=C(CCC=C3)C43c4ccccc4-c4c(-c5ccc(N(C6=CC=CCC6)c6ccccc6)cc5)cccc43)cc2)=C1. The van der Waals surface area contributed by atoms with Crippen LogP contribution in [0.2, 0.25) is 0 Å². The van der Waals surface area contributed by atoms with Crippen molar-refractivity contribution in [3.8, 4) is 33.4 Å². The van der Waals surface area contributed by atoms with Crippen molar-refractivity contribution in [2.75, 3.05) is 9.80 Å². The molecule has 0 saturated heterocycles. The Morgan fingerprint density at radius 2 is 0.825 bits per heavy atom. The molecule has 0 radical (unpaired) electrons. The van der Waals surface area contributed by atoms with E-state index < -0.39 is 0 Å². The van der Waals surface area contributed by atoms with E-state index in [0.717, 1.165) is 38.5 Å². The molecule has 1 spiro atoms. The molecule has 0 bridgehead atoms. The van der Waals surface area contributed by atoms with Gasteiger partial charge in [-0.3, -0.25) is 0 Å². The molecule has 5 aliphatic rings. The molecule has 2 heteroatoms. The van der Waals surface area contributed by atoms with Crippen LogP contribution in [0.3, 0.4) is 0 Å². The third kappa shape index (κ3) is 6.00. The quantitative estimate of drug-likeness (QED) is 0.151. The molecule has 1 atom stereocenters. The molecule has 302 valence electrons. The van der Waals surface area contributed by atoms with Crippen LogP contribution >= 0.6 is 0 Å². The van der Waals surface area contributed by atoms with Crippen molar-refractivity contribution in [3.05, 3.63) is 258 Å². The zero-order valence-corrected chi connectivity index (χ0v) is 35.4. The molecule has 0 N–H and O–H groups in total. The summed E-state index contributed by atoms with van der Waals surface area (Å²) in [5.74, 6) is 0. The number of anilines is 4. The lowest BCUT2D eigenvalue weighted by Crippen LogP contribution is -2.27. The summed E-state index contributed by atoms with van der Waals surface area (Å²) in [6.07, 6.45) is 24.5. The van der Waals surface area contributed by atoms with Gasteiger partial charge in [0.05, 0.1) is 5.41 Å². The summed E-state index contributed by atoms with van der Waals surface area (Å²) in [7, 11) is 0. The van der Waals surface area contributed by atoms with E-state index in [-0.39, 0.29) is 5.41 Å². The average Bonchev–Trinajstić information content (AvgIpc) is 3.84. The maximum Gasteiger partial charge on any atom is 0.0689 e. The van der Waals surface area contributed by atoms with Crippen LogP contribution in [0, 0.1) is 0 Å². The molecular weight excluding hydrogens is 761 g/mol. The van der Waals surface area contributed by atoms with Gasteiger partial charge in [0.1, 0.15) is 0 Å². The van der Waals surface area contributed by atoms with Crippen LogP contribution in [-0.4, -0.2) is 0 Å². The predicted molar refractivity (Wildman–Crippen MR) is 264 cm³/mol. The van der Waals surface area contributed by atoms with E-state index in [9.17, 15) is 0 Å². The summed E-state index contributed by atoms with van der Waals surface area (Å²) >= 11 is 0. The summed E-state index contributed by atoms with van der Waals surface area (Å²) in [5.41, 5.74) is 23.3. The Hall–Kier alpha value is -7.42. The number of benzene rings is 7. The number of allylic oxidation sites excluding steroid dienone is 12. The highest BCUT2D eigenvalue weighted by molar-refractivity contribution is 6.03. The standard InChI is InChI=1S/C61H48N2/c1-5-19-45(20-6-1)62(46-21-7-2-8-22-46)49-39-35-43(36-40-49)51-29-17-33-57-59(51)53-27-13-15-31-55(53)61(57)56-32-16-14-28-54(56)60-52(30-18-34-58(60)61)44-37-41-50(42-38-44)63(47-23-9-3-10-24-47)48-25-11-4-12-26-48/h1-7,9-11,13-15,17-21,23-25,27-31,33-42H,8,12,16,22,26,32H2. The van der Waals surface area contributed by atoms with Gasteiger partial charge >= 0.3 is 0 Å². The maximum absolute atomic E-state index is 2.43. The number of fused-ring (bicyclic) bond motifs is 9. The highest BCUT2D eigenvalue weighted by Crippen LogP contribution is 2.65. The largest absolute Gasteiger partial charge is 0.314 e. The van der Waals surface area contributed by atoms with Crippen LogP contribution in [0.1, 0.15) is 60.8 Å². The highest BCUT2D eigenvalue weighted by atomic mass is 15.2. The Balaban J connectivity index is 0.984. The Morgan fingerprint density at radius 1 is 0.365 bits per heavy atom. The molecule has 7 aromatic rings. The summed E-state index contributed by atoms with van der Waals surface area (Å²) in [6.45, 7) is 0. The molecular formula is C61H48N2. The Kier molecular flexibility index (Phi) is 9.18. The molecule has 0 fully saturated rings. The summed E-state index contributed by atoms with van der Waals surface area (Å²) in [6, 6.07) is 63.6. The molecule has 0 saturated carbocycles. The predicted octanol–water partition coefficient (Wildman–Crippen LogP) is 16.2. The van der Waals surface area contributed by atoms with E-state index in [1.807, 2.05) is 0 Å². The van der Waals surface area contributed by atoms with Crippen molar-refractivity contribution in [1.82, 2.24) is 0 Å². The first-order valence-corrected chi connectivity index (χ1v) is 22.7. The van der Waals surface area contributed by atoms with Crippen LogP contribution in [0.25, 0.3) is 39.0 Å². The molecule has 7 aromatic carbocycles. The number of hydrogen-bond acceptors (Lipinski definition) is 2. The molecule has 12 rings (SSSR count). The van der Waals surface area contributed by atoms with E-state index in [0.29, 0.717) is 0 Å². The molecule has 0 aliphatic heterocycles. The molecule has 63 heavy (non-hydrogen) atoms. The first-order chi connectivity index (χ1) is 31.3. The lowest BCUT2D eigenvalue weighted by molar-refractivity contribution is 0.714. The van der Waals surface area contributed by atoms with Gasteiger partial charge in [-0.2, -0.15) is 0 Å². The van der Waals surface area contributed by atoms with Gasteiger partial charge in [-0.25, -0.2) is 0 Å². The second kappa shape index (κ2) is 15.5. The van der Waals surface area contributed by atoms with Gasteiger partial charge < -0.3 is 9.80 Å². The van der Waals surface area contributed by atoms with Gasteiger partial charge in [-0.15, -0.1) is 0 Å². The topological polar surface area (TPSA) is 6.48 Å². The molecule has 1 unspecified atom stereocenters. The zero-order valence-electron chi connectivity index (χ0n) is 35.4. The smallest absolute Gasteiger partial charge is 0.0689 e. The minimum absolute atomic E-state index is 0.372. The van der Waals surface area contributed by atoms with Crippen molar-refractivity contribution in [2.45, 2.75) is 43.9 Å². The van der Waals surface area contributed by atoms with Crippen molar-refractivity contribution in [2.24, 2.45) is 0 Å². The first-order valence-electron chi connectivity index (χ1n) is 22.7. The van der Waals surface area contributed by atoms with Gasteiger partial charge in [0.25, 0.3) is 0 Å². The fourth-order valence-electron chi connectivity index (χ4n) is 11.3. The maximum atomic E-state index is 2.43. The number of para-hydroxylation sites is 2. The summed E-state index contributed by atoms with van der Waals surface area (Å²) in [4.78, 5) is 4.84. The van der Waals surface area contributed by atoms with Crippen LogP contribution < -0.4 is 9.80 Å². The average molecular weight is 809 g/mol. The van der Waals surface area contributed by atoms with Crippen molar-refractivity contribution in [3.63, 3.8) is 0 Å². The van der Waals surface area contributed by atoms with E-state index >= 15 is 0 Å². The third-order valence-electron chi connectivity index (χ3n) is 13.9. The fourth-order valence-corrected chi connectivity index (χ4v) is 11.3. The molecule has 0 aromatic heterocycles. The molecule has 5 aliphatic carbocycles. The third-order valence-corrected chi connectivity index (χ3v) is 13.9. The van der Waals surface area contributed by atoms with Crippen LogP contribution in [0.15, 0.2) is 235 Å². The lowest BCUT2D eigenvalue weighted by Gasteiger charge is -2.33. The second-order valence-electron chi connectivity index (χ2n) is 17.3. The normalized spacial score (nSPS) is 17.8. The number of hydrogen-bond donors (Lipinski definition) is 0. The van der Waals surface area contributed by atoms with Gasteiger partial charge in [0.15, 0.2) is 0 Å². The molecule has 0 heterocycles. The van der Waals surface area contributed by atoms with Crippen LogP contribution in [0.4, 0.5) is 22.7 Å². The molecule has 2 nitrogen and oxygen atoms in total. The minimum Gasteiger partial charge on any atom is -0.314 e.